The van der Waals surface area contributed by atoms with Crippen molar-refractivity contribution in [1.29, 1.82) is 5.26 Å². The van der Waals surface area contributed by atoms with Crippen molar-refractivity contribution in [1.82, 2.24) is 15.3 Å². The van der Waals surface area contributed by atoms with Crippen molar-refractivity contribution in [2.24, 2.45) is 0 Å². The van der Waals surface area contributed by atoms with Crippen LogP contribution in [-0.2, 0) is 11.2 Å². The smallest absolute Gasteiger partial charge is 0.238 e. The van der Waals surface area contributed by atoms with Gasteiger partial charge in [-0.05, 0) is 6.92 Å². The van der Waals surface area contributed by atoms with Gasteiger partial charge in [-0.3, -0.25) is 0 Å². The molecule has 3 heterocycles. The number of rotatable bonds is 4. The number of hydrogen-bond donors (Lipinski definition) is 1. The van der Waals surface area contributed by atoms with Crippen LogP contribution in [0.3, 0.4) is 0 Å². The Morgan fingerprint density at radius 2 is 1.92 bits per heavy atom. The summed E-state index contributed by atoms with van der Waals surface area (Å²) in [6.45, 7) is 6.97. The lowest BCUT2D eigenvalue weighted by Crippen LogP contribution is -2.45. The van der Waals surface area contributed by atoms with Gasteiger partial charge < -0.3 is 24.4 Å². The Morgan fingerprint density at radius 1 is 1.21 bits per heavy atom. The van der Waals surface area contributed by atoms with Gasteiger partial charge in [0.1, 0.15) is 17.6 Å². The topological polar surface area (TPSA) is 100 Å². The molecule has 130 valence electrons. The van der Waals surface area contributed by atoms with E-state index in [0.717, 1.165) is 26.2 Å². The lowest BCUT2D eigenvalue weighted by atomic mass is 10.2. The van der Waals surface area contributed by atoms with E-state index in [0.29, 0.717) is 54.4 Å². The molecular formula is C15H22N6O2S. The van der Waals surface area contributed by atoms with Gasteiger partial charge in [0, 0.05) is 26.2 Å². The molecule has 1 aromatic heterocycles. The molecule has 0 aromatic carbocycles. The van der Waals surface area contributed by atoms with E-state index in [9.17, 15) is 9.81 Å². The maximum absolute atomic E-state index is 11.6. The highest BCUT2D eigenvalue weighted by Gasteiger charge is 2.27. The molecule has 0 unspecified atom stereocenters. The molecule has 0 spiro atoms. The SMILES string of the molecule is CCOc1nc(N2CCNCC2)nc(N2CC[S+]([O-])CC2)c1C#N. The quantitative estimate of drug-likeness (QED) is 0.741. The molecule has 1 aromatic rings. The van der Waals surface area contributed by atoms with E-state index >= 15 is 0 Å². The summed E-state index contributed by atoms with van der Waals surface area (Å²) >= 11 is -0.780. The fraction of sp³-hybridized carbons (Fsp3) is 0.667. The van der Waals surface area contributed by atoms with Crippen LogP contribution in [0.4, 0.5) is 11.8 Å². The average molecular weight is 350 g/mol. The van der Waals surface area contributed by atoms with E-state index < -0.39 is 11.2 Å². The van der Waals surface area contributed by atoms with Gasteiger partial charge in [0.05, 0.1) is 19.7 Å². The highest BCUT2D eigenvalue weighted by molar-refractivity contribution is 7.91. The van der Waals surface area contributed by atoms with Gasteiger partial charge in [-0.2, -0.15) is 15.2 Å². The normalized spacial score (nSPS) is 19.2. The number of piperazine rings is 1. The number of nitrogens with zero attached hydrogens (tertiary/aromatic N) is 5. The molecule has 2 aliphatic rings. The summed E-state index contributed by atoms with van der Waals surface area (Å²) in [5, 5.41) is 12.9. The van der Waals surface area contributed by atoms with Crippen LogP contribution in [0.2, 0.25) is 0 Å². The van der Waals surface area contributed by atoms with E-state index in [1.54, 1.807) is 0 Å². The molecule has 0 saturated carbocycles. The first kappa shape index (κ1) is 17.1. The molecule has 2 aliphatic heterocycles. The molecule has 0 amide bonds. The molecule has 2 fully saturated rings. The summed E-state index contributed by atoms with van der Waals surface area (Å²) in [6.07, 6.45) is 0. The Labute approximate surface area is 145 Å². The fourth-order valence-corrected chi connectivity index (χ4v) is 3.89. The van der Waals surface area contributed by atoms with Crippen LogP contribution < -0.4 is 19.9 Å². The second-order valence-electron chi connectivity index (χ2n) is 5.64. The van der Waals surface area contributed by atoms with Crippen LogP contribution in [0, 0.1) is 11.3 Å². The third kappa shape index (κ3) is 3.66. The number of nitriles is 1. The molecule has 0 bridgehead atoms. The largest absolute Gasteiger partial charge is 0.616 e. The van der Waals surface area contributed by atoms with Gasteiger partial charge in [0.25, 0.3) is 0 Å². The molecule has 0 atom stereocenters. The van der Waals surface area contributed by atoms with Crippen molar-refractivity contribution >= 4 is 22.9 Å². The minimum absolute atomic E-state index is 0.338. The minimum Gasteiger partial charge on any atom is -0.616 e. The zero-order chi connectivity index (χ0) is 16.9. The third-order valence-electron chi connectivity index (χ3n) is 4.11. The van der Waals surface area contributed by atoms with Crippen LogP contribution in [0.15, 0.2) is 0 Å². The Balaban J connectivity index is 1.97. The standard InChI is InChI=1S/C15H22N6O2S/c1-2-23-14-12(11-16)13(20-7-9-24(22)10-8-20)18-15(19-14)21-5-3-17-4-6-21/h17H,2-10H2,1H3. The minimum atomic E-state index is -0.780. The molecule has 0 radical (unpaired) electrons. The lowest BCUT2D eigenvalue weighted by molar-refractivity contribution is 0.325. The number of anilines is 2. The summed E-state index contributed by atoms with van der Waals surface area (Å²) in [5.41, 5.74) is 0.364. The van der Waals surface area contributed by atoms with E-state index in [1.807, 2.05) is 11.8 Å². The fourth-order valence-electron chi connectivity index (χ4n) is 2.84. The maximum atomic E-state index is 11.6. The van der Waals surface area contributed by atoms with Crippen molar-refractivity contribution in [2.75, 3.05) is 67.2 Å². The number of nitrogens with one attached hydrogen (secondary N) is 1. The molecule has 9 heteroatoms. The zero-order valence-electron chi connectivity index (χ0n) is 13.8. The van der Waals surface area contributed by atoms with Crippen molar-refractivity contribution in [3.63, 3.8) is 0 Å². The third-order valence-corrected chi connectivity index (χ3v) is 5.39. The molecule has 2 saturated heterocycles. The summed E-state index contributed by atoms with van der Waals surface area (Å²) in [4.78, 5) is 13.3. The number of aromatic nitrogens is 2. The second kappa shape index (κ2) is 7.88. The van der Waals surface area contributed by atoms with Crippen molar-refractivity contribution in [3.05, 3.63) is 5.56 Å². The first-order chi connectivity index (χ1) is 11.7. The molecule has 1 N–H and O–H groups in total. The average Bonchev–Trinajstić information content (AvgIpc) is 2.63. The van der Waals surface area contributed by atoms with E-state index in [2.05, 4.69) is 26.3 Å². The summed E-state index contributed by atoms with van der Waals surface area (Å²) in [6, 6.07) is 2.19. The first-order valence-corrected chi connectivity index (χ1v) is 9.72. The highest BCUT2D eigenvalue weighted by Crippen LogP contribution is 2.29. The molecule has 0 aliphatic carbocycles. The van der Waals surface area contributed by atoms with E-state index in [1.165, 1.54) is 0 Å². The Bertz CT molecular complexity index is 609. The van der Waals surface area contributed by atoms with Crippen LogP contribution in [0.25, 0.3) is 0 Å². The van der Waals surface area contributed by atoms with Crippen molar-refractivity contribution < 1.29 is 9.29 Å². The Morgan fingerprint density at radius 3 is 2.54 bits per heavy atom. The molecule has 3 rings (SSSR count). The van der Waals surface area contributed by atoms with E-state index in [4.69, 9.17) is 4.74 Å². The molecule has 24 heavy (non-hydrogen) atoms. The van der Waals surface area contributed by atoms with Gasteiger partial charge >= 0.3 is 0 Å². The predicted molar refractivity (Wildman–Crippen MR) is 93.1 cm³/mol. The predicted octanol–water partition coefficient (Wildman–Crippen LogP) is -0.275. The Kier molecular flexibility index (Phi) is 5.60. The summed E-state index contributed by atoms with van der Waals surface area (Å²) in [7, 11) is 0. The van der Waals surface area contributed by atoms with Gasteiger partial charge in [-0.15, -0.1) is 0 Å². The molecular weight excluding hydrogens is 328 g/mol. The number of ether oxygens (including phenoxy) is 1. The van der Waals surface area contributed by atoms with Crippen LogP contribution >= 0.6 is 0 Å². The second-order valence-corrected chi connectivity index (χ2v) is 7.34. The molecule has 8 nitrogen and oxygen atoms in total. The van der Waals surface area contributed by atoms with Crippen LogP contribution in [0.5, 0.6) is 5.88 Å². The van der Waals surface area contributed by atoms with Crippen LogP contribution in [0.1, 0.15) is 12.5 Å². The zero-order valence-corrected chi connectivity index (χ0v) is 14.6. The Hall–Kier alpha value is -1.76. The van der Waals surface area contributed by atoms with E-state index in [-0.39, 0.29) is 0 Å². The highest BCUT2D eigenvalue weighted by atomic mass is 32.2. The van der Waals surface area contributed by atoms with Crippen LogP contribution in [-0.4, -0.2) is 71.9 Å². The number of hydrogen-bond acceptors (Lipinski definition) is 8. The van der Waals surface area contributed by atoms with Gasteiger partial charge in [-0.1, -0.05) is 11.2 Å². The lowest BCUT2D eigenvalue weighted by Gasteiger charge is -2.32. The van der Waals surface area contributed by atoms with Gasteiger partial charge in [0.2, 0.25) is 11.8 Å². The van der Waals surface area contributed by atoms with Crippen molar-refractivity contribution in [2.45, 2.75) is 6.92 Å². The summed E-state index contributed by atoms with van der Waals surface area (Å²) in [5.74, 6) is 2.73. The van der Waals surface area contributed by atoms with Gasteiger partial charge in [-0.25, -0.2) is 0 Å². The monoisotopic (exact) mass is 350 g/mol. The van der Waals surface area contributed by atoms with Crippen molar-refractivity contribution in [3.8, 4) is 11.9 Å². The maximum Gasteiger partial charge on any atom is 0.238 e. The first-order valence-electron chi connectivity index (χ1n) is 8.23. The summed E-state index contributed by atoms with van der Waals surface area (Å²) < 4.78 is 17.2. The van der Waals surface area contributed by atoms with Gasteiger partial charge in [0.15, 0.2) is 11.4 Å².